The Labute approximate surface area is 180 Å². The number of hydrogen-bond acceptors (Lipinski definition) is 5. The van der Waals surface area contributed by atoms with Gasteiger partial charge in [0.15, 0.2) is 0 Å². The predicted molar refractivity (Wildman–Crippen MR) is 115 cm³/mol. The Balaban J connectivity index is 1.97. The number of rotatable bonds is 6. The smallest absolute Gasteiger partial charge is 0.270 e. The highest BCUT2D eigenvalue weighted by molar-refractivity contribution is 7.89. The Morgan fingerprint density at radius 2 is 1.90 bits per heavy atom. The molecule has 1 heterocycles. The Morgan fingerprint density at radius 1 is 1.20 bits per heavy atom. The maximum Gasteiger partial charge on any atom is 0.270 e. The number of anilines is 1. The van der Waals surface area contributed by atoms with Crippen LogP contribution >= 0.6 is 11.6 Å². The number of aryl methyl sites for hydroxylation is 1. The fraction of sp³-hybridized carbons (Fsp3) is 0.350. The summed E-state index contributed by atoms with van der Waals surface area (Å²) in [5.74, 6) is -0.379. The summed E-state index contributed by atoms with van der Waals surface area (Å²) >= 11 is 6.13. The van der Waals surface area contributed by atoms with Gasteiger partial charge in [0.2, 0.25) is 10.0 Å². The van der Waals surface area contributed by atoms with Crippen LogP contribution in [0.1, 0.15) is 36.2 Å². The molecular weight excluding hydrogens is 430 g/mol. The summed E-state index contributed by atoms with van der Waals surface area (Å²) in [6, 6.07) is 8.51. The van der Waals surface area contributed by atoms with Crippen LogP contribution in [0.15, 0.2) is 41.3 Å². The minimum Gasteiger partial charge on any atom is -0.308 e. The lowest BCUT2D eigenvalue weighted by Gasteiger charge is -2.30. The van der Waals surface area contributed by atoms with Crippen molar-refractivity contribution in [2.24, 2.45) is 0 Å². The van der Waals surface area contributed by atoms with Crippen molar-refractivity contribution < 1.29 is 18.1 Å². The lowest BCUT2D eigenvalue weighted by molar-refractivity contribution is -0.384. The van der Waals surface area contributed by atoms with Crippen molar-refractivity contribution in [1.29, 1.82) is 0 Å². The highest BCUT2D eigenvalue weighted by atomic mass is 35.5. The van der Waals surface area contributed by atoms with Gasteiger partial charge in [-0.25, -0.2) is 8.42 Å². The van der Waals surface area contributed by atoms with E-state index in [1.807, 2.05) is 0 Å². The maximum absolute atomic E-state index is 13.1. The number of hydrogen-bond donors (Lipinski definition) is 0. The van der Waals surface area contributed by atoms with Gasteiger partial charge >= 0.3 is 0 Å². The number of halogens is 1. The molecule has 30 heavy (non-hydrogen) atoms. The Hall–Kier alpha value is -2.49. The molecule has 2 aromatic rings. The molecule has 3 rings (SSSR count). The van der Waals surface area contributed by atoms with Crippen molar-refractivity contribution in [1.82, 2.24) is 4.31 Å². The lowest BCUT2D eigenvalue weighted by Crippen LogP contribution is -2.36. The molecule has 0 fully saturated rings. The second kappa shape index (κ2) is 8.71. The van der Waals surface area contributed by atoms with E-state index < -0.39 is 14.9 Å². The molecule has 0 atom stereocenters. The van der Waals surface area contributed by atoms with Gasteiger partial charge < -0.3 is 4.90 Å². The highest BCUT2D eigenvalue weighted by Gasteiger charge is 2.28. The van der Waals surface area contributed by atoms with Crippen LogP contribution in [0, 0.1) is 10.1 Å². The standard InChI is InChI=1S/C20H22ClN3O5S/c1-3-22(4-2)30(28,29)16-8-10-19-14(12-16)6-5-11-23(19)20(25)17-9-7-15(24(26)27)13-18(17)21/h7-10,12-13H,3-6,11H2,1-2H3. The van der Waals surface area contributed by atoms with E-state index in [0.29, 0.717) is 38.2 Å². The number of nitro benzene ring substituents is 1. The van der Waals surface area contributed by atoms with Crippen LogP contribution in [0.5, 0.6) is 0 Å². The van der Waals surface area contributed by atoms with Gasteiger partial charge in [0.05, 0.1) is 20.4 Å². The summed E-state index contributed by atoms with van der Waals surface area (Å²) in [6.07, 6.45) is 1.31. The van der Waals surface area contributed by atoms with Gasteiger partial charge in [0.1, 0.15) is 0 Å². The number of nitrogens with zero attached hydrogens (tertiary/aromatic N) is 3. The number of benzene rings is 2. The minimum atomic E-state index is -3.60. The molecule has 1 amide bonds. The third-order valence-corrected chi connectivity index (χ3v) is 7.51. The molecule has 10 heteroatoms. The van der Waals surface area contributed by atoms with Crippen molar-refractivity contribution in [2.75, 3.05) is 24.5 Å². The molecule has 1 aliphatic heterocycles. The summed E-state index contributed by atoms with van der Waals surface area (Å²) in [5.41, 5.74) is 1.36. The minimum absolute atomic E-state index is 0.00190. The molecule has 0 radical (unpaired) electrons. The molecule has 0 unspecified atom stereocenters. The van der Waals surface area contributed by atoms with Gasteiger partial charge in [-0.1, -0.05) is 25.4 Å². The summed E-state index contributed by atoms with van der Waals surface area (Å²) < 4.78 is 27.0. The zero-order chi connectivity index (χ0) is 22.1. The molecule has 0 saturated heterocycles. The molecule has 0 saturated carbocycles. The van der Waals surface area contributed by atoms with Crippen LogP contribution < -0.4 is 4.90 Å². The van der Waals surface area contributed by atoms with Crippen LogP contribution in [0.3, 0.4) is 0 Å². The van der Waals surface area contributed by atoms with Gasteiger partial charge in [-0.2, -0.15) is 4.31 Å². The Bertz CT molecular complexity index is 1100. The average Bonchev–Trinajstić information content (AvgIpc) is 2.73. The number of nitro groups is 1. The maximum atomic E-state index is 13.1. The first-order valence-electron chi connectivity index (χ1n) is 9.59. The molecule has 0 bridgehead atoms. The number of sulfonamides is 1. The topological polar surface area (TPSA) is 101 Å². The van der Waals surface area contributed by atoms with Crippen molar-refractivity contribution in [3.63, 3.8) is 0 Å². The predicted octanol–water partition coefficient (Wildman–Crippen LogP) is 3.87. The molecule has 0 N–H and O–H groups in total. The average molecular weight is 452 g/mol. The van der Waals surface area contributed by atoms with E-state index in [2.05, 4.69) is 0 Å². The van der Waals surface area contributed by atoms with E-state index in [1.54, 1.807) is 30.9 Å². The molecule has 2 aromatic carbocycles. The molecule has 1 aliphatic rings. The normalized spacial score (nSPS) is 13.9. The van der Waals surface area contributed by atoms with Crippen LogP contribution in [0.4, 0.5) is 11.4 Å². The molecule has 0 aromatic heterocycles. The van der Waals surface area contributed by atoms with Crippen LogP contribution in [0.25, 0.3) is 0 Å². The molecule has 0 spiro atoms. The van der Waals surface area contributed by atoms with E-state index >= 15 is 0 Å². The number of non-ortho nitro benzene ring substituents is 1. The van der Waals surface area contributed by atoms with Crippen molar-refractivity contribution in [3.8, 4) is 0 Å². The lowest BCUT2D eigenvalue weighted by atomic mass is 10.0. The van der Waals surface area contributed by atoms with E-state index in [-0.39, 0.29) is 27.1 Å². The summed E-state index contributed by atoms with van der Waals surface area (Å²) in [5, 5.41) is 10.9. The number of fused-ring (bicyclic) bond motifs is 1. The first kappa shape index (κ1) is 22.2. The number of amides is 1. The van der Waals surface area contributed by atoms with Gasteiger partial charge in [-0.3, -0.25) is 14.9 Å². The SMILES string of the molecule is CCN(CC)S(=O)(=O)c1ccc2c(c1)CCCN2C(=O)c1ccc([N+](=O)[O-])cc1Cl. The van der Waals surface area contributed by atoms with Crippen molar-refractivity contribution >= 4 is 38.9 Å². The molecule has 8 nitrogen and oxygen atoms in total. The van der Waals surface area contributed by atoms with Gasteiger partial charge in [-0.15, -0.1) is 0 Å². The second-order valence-electron chi connectivity index (χ2n) is 6.86. The van der Waals surface area contributed by atoms with E-state index in [1.165, 1.54) is 22.5 Å². The van der Waals surface area contributed by atoms with Crippen LogP contribution in [-0.4, -0.2) is 43.2 Å². The van der Waals surface area contributed by atoms with Crippen LogP contribution in [-0.2, 0) is 16.4 Å². The second-order valence-corrected chi connectivity index (χ2v) is 9.21. The summed E-state index contributed by atoms with van der Waals surface area (Å²) in [7, 11) is -3.60. The monoisotopic (exact) mass is 451 g/mol. The fourth-order valence-corrected chi connectivity index (χ4v) is 5.36. The van der Waals surface area contributed by atoms with E-state index in [4.69, 9.17) is 11.6 Å². The van der Waals surface area contributed by atoms with Crippen molar-refractivity contribution in [3.05, 3.63) is 62.7 Å². The zero-order valence-corrected chi connectivity index (χ0v) is 18.2. The van der Waals surface area contributed by atoms with E-state index in [9.17, 15) is 23.3 Å². The van der Waals surface area contributed by atoms with Crippen LogP contribution in [0.2, 0.25) is 5.02 Å². The number of carbonyl (C=O) groups excluding carboxylic acids is 1. The molecule has 160 valence electrons. The van der Waals surface area contributed by atoms with Gasteiger partial charge in [-0.05, 0) is 42.7 Å². The van der Waals surface area contributed by atoms with Gasteiger partial charge in [0.25, 0.3) is 11.6 Å². The summed E-state index contributed by atoms with van der Waals surface area (Å²) in [6.45, 7) is 4.77. The highest BCUT2D eigenvalue weighted by Crippen LogP contribution is 2.33. The molecular formula is C20H22ClN3O5S. The largest absolute Gasteiger partial charge is 0.308 e. The zero-order valence-electron chi connectivity index (χ0n) is 16.7. The molecule has 0 aliphatic carbocycles. The Kier molecular flexibility index (Phi) is 6.44. The third-order valence-electron chi connectivity index (χ3n) is 5.15. The fourth-order valence-electron chi connectivity index (χ4n) is 3.59. The third kappa shape index (κ3) is 4.05. The first-order chi connectivity index (χ1) is 14.2. The summed E-state index contributed by atoms with van der Waals surface area (Å²) in [4.78, 5) is 25.2. The quantitative estimate of drug-likeness (QED) is 0.490. The van der Waals surface area contributed by atoms with Crippen molar-refractivity contribution in [2.45, 2.75) is 31.6 Å². The van der Waals surface area contributed by atoms with Gasteiger partial charge in [0, 0.05) is 37.5 Å². The first-order valence-corrected chi connectivity index (χ1v) is 11.4. The van der Waals surface area contributed by atoms with E-state index in [0.717, 1.165) is 11.6 Å². The number of carbonyl (C=O) groups is 1. The Morgan fingerprint density at radius 3 is 2.50 bits per heavy atom.